The molecule has 8 atom stereocenters. The SMILES string of the molecule is CNC(=N)NCCC[C@H](NC(=O)[C@H](CC(C)C)NC(=O)NNC(=O)[C@H](Cc1ccccc1F)NC(=O)C(NC(=O)[C@H](CC(N)=O)NC(=O)CNC(=O)[C@@H](Cc1ccc(O)cc1)NC(C)=O)[C@@H](C)O)C(=O)N[C@@H](Cc1c[nH]c2ccccc12)C(N)=O. The number of phenolic OH excluding ortho intramolecular Hbond substituents is 1. The standard InChI is InChI=1S/C55H75FN16O13/c1-28(2)21-40(50(81)66-38(15-10-20-61-54(59)60-5)49(80)67-39(47(58)78)24-33-26-62-37-14-9-7-12-35(33)37)69-55(85)72-71-52(83)42(23-32-11-6-8-13-36(32)56)68-53(84)46(29(3)73)70-51(82)43(25-44(57)76)65-45(77)27-63-48(79)41(64-30(4)74)22-31-16-18-34(75)19-17-31/h6-9,11-14,16-19,26,28-29,38-43,46,62,73,75H,10,15,20-25,27H2,1-5H3,(H2,57,76)(H2,58,78)(H,63,79)(H,64,74)(H,65,77)(H,66,81)(H,67,80)(H,68,84)(H,70,82)(H,71,83)(H3,59,60,61)(H2,69,72,85)/t29-,38+,39+,40+,41-,42+,43+,46?/m1/s1. The topological polar surface area (TPSA) is 464 Å². The van der Waals surface area contributed by atoms with E-state index in [4.69, 9.17) is 16.9 Å². The van der Waals surface area contributed by atoms with Crippen LogP contribution >= 0.6 is 0 Å². The highest BCUT2D eigenvalue weighted by Crippen LogP contribution is 2.20. The zero-order valence-corrected chi connectivity index (χ0v) is 47.5. The van der Waals surface area contributed by atoms with Gasteiger partial charge in [0.25, 0.3) is 5.91 Å². The van der Waals surface area contributed by atoms with Crippen LogP contribution in [0.2, 0.25) is 0 Å². The number of nitrogens with one attached hydrogen (secondary N) is 14. The highest BCUT2D eigenvalue weighted by Gasteiger charge is 2.35. The molecule has 0 aliphatic carbocycles. The second kappa shape index (κ2) is 33.3. The van der Waals surface area contributed by atoms with Crippen LogP contribution in [0, 0.1) is 17.1 Å². The van der Waals surface area contributed by atoms with Crippen molar-refractivity contribution in [2.24, 2.45) is 17.4 Å². The number of carbonyl (C=O) groups is 11. The number of hydrazine groups is 1. The van der Waals surface area contributed by atoms with E-state index in [1.807, 2.05) is 18.2 Å². The third-order valence-corrected chi connectivity index (χ3v) is 12.9. The van der Waals surface area contributed by atoms with Gasteiger partial charge in [-0.2, -0.15) is 0 Å². The number of hydrogen-bond acceptors (Lipinski definition) is 14. The number of benzene rings is 3. The van der Waals surface area contributed by atoms with Gasteiger partial charge in [-0.15, -0.1) is 0 Å². The summed E-state index contributed by atoms with van der Waals surface area (Å²) in [6, 6.07) is 6.35. The Morgan fingerprint density at radius 3 is 1.88 bits per heavy atom. The van der Waals surface area contributed by atoms with Crippen LogP contribution in [-0.4, -0.2) is 155 Å². The lowest BCUT2D eigenvalue weighted by Gasteiger charge is -2.27. The van der Waals surface area contributed by atoms with Crippen molar-refractivity contribution in [1.82, 2.24) is 69.0 Å². The van der Waals surface area contributed by atoms with Gasteiger partial charge < -0.3 is 79.8 Å². The van der Waals surface area contributed by atoms with Crippen molar-refractivity contribution in [2.45, 2.75) is 121 Å². The number of carbonyl (C=O) groups excluding carboxylic acids is 11. The Morgan fingerprint density at radius 2 is 1.25 bits per heavy atom. The molecule has 1 aromatic heterocycles. The molecule has 0 saturated carbocycles. The normalized spacial score (nSPS) is 13.7. The molecule has 85 heavy (non-hydrogen) atoms. The Bertz CT molecular complexity index is 3030. The van der Waals surface area contributed by atoms with E-state index >= 15 is 4.39 Å². The van der Waals surface area contributed by atoms with E-state index in [1.54, 1.807) is 26.1 Å². The summed E-state index contributed by atoms with van der Waals surface area (Å²) < 4.78 is 15.1. The minimum absolute atomic E-state index is 0.000407. The Kier molecular flexibility index (Phi) is 26.5. The van der Waals surface area contributed by atoms with Gasteiger partial charge in [-0.25, -0.2) is 14.6 Å². The summed E-state index contributed by atoms with van der Waals surface area (Å²) in [7, 11) is 1.53. The van der Waals surface area contributed by atoms with Gasteiger partial charge in [0, 0.05) is 56.9 Å². The number of hydrogen-bond donors (Lipinski definition) is 18. The summed E-state index contributed by atoms with van der Waals surface area (Å²) in [5.74, 6) is -10.9. The predicted molar refractivity (Wildman–Crippen MR) is 306 cm³/mol. The summed E-state index contributed by atoms with van der Waals surface area (Å²) >= 11 is 0. The number of guanidine groups is 1. The smallest absolute Gasteiger partial charge is 0.334 e. The molecule has 1 unspecified atom stereocenters. The molecule has 4 aromatic rings. The number of amides is 12. The number of aliphatic hydroxyl groups excluding tert-OH is 1. The summed E-state index contributed by atoms with van der Waals surface area (Å²) in [5, 5.41) is 53.6. The van der Waals surface area contributed by atoms with Crippen molar-refractivity contribution in [1.29, 1.82) is 5.41 Å². The van der Waals surface area contributed by atoms with Gasteiger partial charge in [0.2, 0.25) is 53.2 Å². The molecule has 0 saturated heterocycles. The fourth-order valence-electron chi connectivity index (χ4n) is 8.55. The quantitative estimate of drug-likeness (QED) is 0.0104. The maximum atomic E-state index is 15.1. The van der Waals surface area contributed by atoms with Crippen molar-refractivity contribution >= 4 is 82.0 Å². The number of rotatable bonds is 31. The molecule has 0 fully saturated rings. The van der Waals surface area contributed by atoms with Gasteiger partial charge in [0.15, 0.2) is 5.96 Å². The Morgan fingerprint density at radius 1 is 0.635 bits per heavy atom. The van der Waals surface area contributed by atoms with Gasteiger partial charge >= 0.3 is 6.03 Å². The first-order valence-corrected chi connectivity index (χ1v) is 27.0. The minimum Gasteiger partial charge on any atom is -0.508 e. The molecule has 460 valence electrons. The Labute approximate surface area is 488 Å². The number of phenols is 1. The number of halogens is 1. The van der Waals surface area contributed by atoms with Gasteiger partial charge in [-0.05, 0) is 73.1 Å². The molecule has 0 aliphatic heterocycles. The fourth-order valence-corrected chi connectivity index (χ4v) is 8.55. The average molecular weight is 1190 g/mol. The van der Waals surface area contributed by atoms with Crippen LogP contribution in [0.25, 0.3) is 10.9 Å². The molecule has 0 spiro atoms. The molecular formula is C55H75FN16O13. The molecule has 0 aliphatic rings. The molecule has 4 rings (SSSR count). The largest absolute Gasteiger partial charge is 0.508 e. The summed E-state index contributed by atoms with van der Waals surface area (Å²) in [6.07, 6.45) is -1.40. The number of fused-ring (bicyclic) bond motifs is 1. The van der Waals surface area contributed by atoms with Crippen LogP contribution in [0.15, 0.2) is 79.0 Å². The van der Waals surface area contributed by atoms with E-state index in [-0.39, 0.29) is 61.8 Å². The molecule has 12 amide bonds. The number of nitrogens with two attached hydrogens (primary N) is 2. The number of aromatic hydroxyl groups is 1. The number of primary amides is 2. The Balaban J connectivity index is 1.47. The minimum atomic E-state index is -1.95. The lowest BCUT2D eigenvalue weighted by Crippen LogP contribution is -2.62. The van der Waals surface area contributed by atoms with Crippen LogP contribution in [0.4, 0.5) is 9.18 Å². The second-order valence-corrected chi connectivity index (χ2v) is 20.3. The maximum absolute atomic E-state index is 15.1. The number of para-hydroxylation sites is 1. The molecular weight excluding hydrogens is 1110 g/mol. The molecule has 30 heteroatoms. The van der Waals surface area contributed by atoms with Crippen LogP contribution in [0.1, 0.15) is 70.1 Å². The third kappa shape index (κ3) is 22.8. The first kappa shape index (κ1) is 67.6. The molecule has 0 radical (unpaired) electrons. The summed E-state index contributed by atoms with van der Waals surface area (Å²) in [4.78, 5) is 149. The van der Waals surface area contributed by atoms with Crippen molar-refractivity contribution in [2.75, 3.05) is 20.1 Å². The molecule has 0 bridgehead atoms. The molecule has 1 heterocycles. The first-order chi connectivity index (χ1) is 40.2. The Hall–Kier alpha value is -9.87. The number of urea groups is 1. The zero-order valence-electron chi connectivity index (χ0n) is 47.5. The van der Waals surface area contributed by atoms with E-state index in [0.29, 0.717) is 11.1 Å². The number of aromatic nitrogens is 1. The van der Waals surface area contributed by atoms with Crippen LogP contribution in [0.5, 0.6) is 5.75 Å². The van der Waals surface area contributed by atoms with Crippen LogP contribution in [-0.2, 0) is 67.2 Å². The van der Waals surface area contributed by atoms with E-state index in [9.17, 15) is 63.0 Å². The van der Waals surface area contributed by atoms with Crippen molar-refractivity contribution < 1.29 is 67.3 Å². The van der Waals surface area contributed by atoms with Crippen molar-refractivity contribution in [3.63, 3.8) is 0 Å². The van der Waals surface area contributed by atoms with E-state index in [0.717, 1.165) is 30.8 Å². The van der Waals surface area contributed by atoms with Gasteiger partial charge in [-0.1, -0.05) is 62.4 Å². The van der Waals surface area contributed by atoms with Gasteiger partial charge in [0.05, 0.1) is 19.1 Å². The predicted octanol–water partition coefficient (Wildman–Crippen LogP) is -2.90. The fraction of sp³-hybridized carbons (Fsp3) is 0.418. The monoisotopic (exact) mass is 1190 g/mol. The van der Waals surface area contributed by atoms with Crippen LogP contribution < -0.4 is 75.5 Å². The van der Waals surface area contributed by atoms with E-state index in [2.05, 4.69) is 69.0 Å². The third-order valence-electron chi connectivity index (χ3n) is 12.9. The number of aromatic amines is 1. The second-order valence-electron chi connectivity index (χ2n) is 20.3. The van der Waals surface area contributed by atoms with Crippen molar-refractivity contribution in [3.05, 3.63) is 102 Å². The maximum Gasteiger partial charge on any atom is 0.334 e. The van der Waals surface area contributed by atoms with Gasteiger partial charge in [0.1, 0.15) is 53.9 Å². The molecule has 20 N–H and O–H groups in total. The van der Waals surface area contributed by atoms with E-state index in [1.165, 1.54) is 49.5 Å². The number of aliphatic hydroxyl groups is 1. The lowest BCUT2D eigenvalue weighted by molar-refractivity contribution is -0.136. The lowest BCUT2D eigenvalue weighted by atomic mass is 10.0. The van der Waals surface area contributed by atoms with Crippen molar-refractivity contribution in [3.8, 4) is 5.75 Å². The van der Waals surface area contributed by atoms with E-state index < -0.39 is 139 Å². The zero-order chi connectivity index (χ0) is 62.9. The molecule has 3 aromatic carbocycles. The molecule has 29 nitrogen and oxygen atoms in total. The number of H-pyrrole nitrogens is 1. The van der Waals surface area contributed by atoms with Crippen LogP contribution in [0.3, 0.4) is 0 Å². The average Bonchev–Trinajstić information content (AvgIpc) is 3.91. The highest BCUT2D eigenvalue weighted by molar-refractivity contribution is 5.98. The summed E-state index contributed by atoms with van der Waals surface area (Å²) in [6.45, 7) is 5.10. The summed E-state index contributed by atoms with van der Waals surface area (Å²) in [5.41, 5.74) is 17.2. The first-order valence-electron chi connectivity index (χ1n) is 27.0. The van der Waals surface area contributed by atoms with Gasteiger partial charge in [-0.3, -0.25) is 58.8 Å². The highest BCUT2D eigenvalue weighted by atomic mass is 19.1.